The van der Waals surface area contributed by atoms with E-state index in [0.717, 1.165) is 19.2 Å². The SMILES string of the molecule is CN1NC(F)(Oc2ccccc2[N+](=O)[O-])C=C1C(F)(F)F. The Balaban J connectivity index is 2.32. The molecular weight excluding hydrogens is 298 g/mol. The summed E-state index contributed by atoms with van der Waals surface area (Å²) in [6.45, 7) is 0. The summed E-state index contributed by atoms with van der Waals surface area (Å²) in [4.78, 5) is 9.94. The van der Waals surface area contributed by atoms with Gasteiger partial charge in [-0.05, 0) is 6.07 Å². The molecule has 2 rings (SSSR count). The fourth-order valence-corrected chi connectivity index (χ4v) is 1.77. The molecule has 1 N–H and O–H groups in total. The molecule has 0 amide bonds. The molecule has 1 atom stereocenters. The molecule has 0 radical (unpaired) electrons. The van der Waals surface area contributed by atoms with E-state index in [1.807, 2.05) is 5.43 Å². The average Bonchev–Trinajstić information content (AvgIpc) is 2.65. The molecule has 1 unspecified atom stereocenters. The van der Waals surface area contributed by atoms with E-state index < -0.39 is 34.2 Å². The molecule has 0 spiro atoms. The minimum Gasteiger partial charge on any atom is -0.433 e. The number of para-hydroxylation sites is 2. The minimum absolute atomic E-state index is 0.170. The number of nitro groups is 1. The Morgan fingerprint density at radius 3 is 2.52 bits per heavy atom. The molecule has 10 heteroatoms. The second-order valence-corrected chi connectivity index (χ2v) is 4.17. The summed E-state index contributed by atoms with van der Waals surface area (Å²) in [5, 5.41) is 11.2. The zero-order valence-electron chi connectivity index (χ0n) is 10.5. The average molecular weight is 307 g/mol. The Labute approximate surface area is 115 Å². The Hall–Kier alpha value is -2.36. The van der Waals surface area contributed by atoms with Gasteiger partial charge < -0.3 is 9.75 Å². The highest BCUT2D eigenvalue weighted by atomic mass is 19.4. The molecule has 114 valence electrons. The quantitative estimate of drug-likeness (QED) is 0.402. The van der Waals surface area contributed by atoms with E-state index in [4.69, 9.17) is 4.74 Å². The summed E-state index contributed by atoms with van der Waals surface area (Å²) in [6.07, 6.45) is -4.62. The second kappa shape index (κ2) is 4.88. The van der Waals surface area contributed by atoms with Crippen molar-refractivity contribution in [3.8, 4) is 5.75 Å². The number of nitro benzene ring substituents is 1. The van der Waals surface area contributed by atoms with Gasteiger partial charge in [0.15, 0.2) is 0 Å². The normalized spacial score (nSPS) is 22.1. The molecule has 0 aromatic heterocycles. The first kappa shape index (κ1) is 15.0. The van der Waals surface area contributed by atoms with Crippen molar-refractivity contribution in [1.29, 1.82) is 0 Å². The van der Waals surface area contributed by atoms with E-state index in [1.165, 1.54) is 12.1 Å². The van der Waals surface area contributed by atoms with Gasteiger partial charge >= 0.3 is 17.8 Å². The maximum atomic E-state index is 14.3. The number of nitrogens with zero attached hydrogens (tertiary/aromatic N) is 2. The first-order valence-electron chi connectivity index (χ1n) is 5.55. The van der Waals surface area contributed by atoms with Gasteiger partial charge in [-0.2, -0.15) is 23.0 Å². The highest BCUT2D eigenvalue weighted by molar-refractivity contribution is 5.46. The number of hydrogen-bond donors (Lipinski definition) is 1. The van der Waals surface area contributed by atoms with Crippen molar-refractivity contribution in [2.75, 3.05) is 7.05 Å². The molecule has 0 bridgehead atoms. The number of hydrogen-bond acceptors (Lipinski definition) is 5. The molecule has 0 saturated carbocycles. The summed E-state index contributed by atoms with van der Waals surface area (Å²) >= 11 is 0. The molecule has 1 aliphatic rings. The Kier molecular flexibility index (Phi) is 3.49. The molecule has 0 aliphatic carbocycles. The second-order valence-electron chi connectivity index (χ2n) is 4.17. The lowest BCUT2D eigenvalue weighted by atomic mass is 10.3. The summed E-state index contributed by atoms with van der Waals surface area (Å²) in [5.74, 6) is -3.53. The van der Waals surface area contributed by atoms with Crippen molar-refractivity contribution in [2.24, 2.45) is 0 Å². The first-order valence-corrected chi connectivity index (χ1v) is 5.55. The molecule has 1 aliphatic heterocycles. The molecule has 0 saturated heterocycles. The molecule has 6 nitrogen and oxygen atoms in total. The van der Waals surface area contributed by atoms with Crippen LogP contribution in [0.1, 0.15) is 0 Å². The highest BCUT2D eigenvalue weighted by Crippen LogP contribution is 2.37. The van der Waals surface area contributed by atoms with Gasteiger partial charge in [-0.1, -0.05) is 12.1 Å². The van der Waals surface area contributed by atoms with Crippen LogP contribution in [0.3, 0.4) is 0 Å². The van der Waals surface area contributed by atoms with E-state index in [-0.39, 0.29) is 6.08 Å². The topological polar surface area (TPSA) is 67.6 Å². The van der Waals surface area contributed by atoms with Crippen LogP contribution in [0.2, 0.25) is 0 Å². The summed E-state index contributed by atoms with van der Waals surface area (Å²) in [6, 6.07) is 4.78. The van der Waals surface area contributed by atoms with Gasteiger partial charge in [-0.25, -0.2) is 0 Å². The van der Waals surface area contributed by atoms with Gasteiger partial charge in [0, 0.05) is 19.2 Å². The third kappa shape index (κ3) is 3.05. The van der Waals surface area contributed by atoms with Crippen LogP contribution in [0.5, 0.6) is 5.75 Å². The zero-order valence-corrected chi connectivity index (χ0v) is 10.5. The smallest absolute Gasteiger partial charge is 0.432 e. The molecule has 1 aromatic rings. The summed E-state index contributed by atoms with van der Waals surface area (Å²) < 4.78 is 56.9. The Morgan fingerprint density at radius 1 is 1.38 bits per heavy atom. The van der Waals surface area contributed by atoms with Gasteiger partial charge in [0.05, 0.1) is 4.92 Å². The van der Waals surface area contributed by atoms with E-state index >= 15 is 0 Å². The standard InChI is InChI=1S/C11H9F4N3O3/c1-17-9(11(13,14)15)6-10(12,16-17)21-8-5-3-2-4-7(8)18(19)20/h2-6,16H,1H3. The van der Waals surface area contributed by atoms with E-state index in [9.17, 15) is 27.7 Å². The van der Waals surface area contributed by atoms with Crippen LogP contribution in [0.15, 0.2) is 36.0 Å². The number of nitrogens with one attached hydrogen (secondary N) is 1. The van der Waals surface area contributed by atoms with Crippen LogP contribution >= 0.6 is 0 Å². The molecule has 0 fully saturated rings. The largest absolute Gasteiger partial charge is 0.433 e. The highest BCUT2D eigenvalue weighted by Gasteiger charge is 2.49. The van der Waals surface area contributed by atoms with Crippen LogP contribution in [-0.2, 0) is 0 Å². The van der Waals surface area contributed by atoms with Gasteiger partial charge in [0.1, 0.15) is 5.70 Å². The van der Waals surface area contributed by atoms with E-state index in [1.54, 1.807) is 0 Å². The lowest BCUT2D eigenvalue weighted by Crippen LogP contribution is -2.47. The fourth-order valence-electron chi connectivity index (χ4n) is 1.77. The van der Waals surface area contributed by atoms with Crippen LogP contribution in [0, 0.1) is 10.1 Å². The number of allylic oxidation sites excluding steroid dienone is 1. The lowest BCUT2D eigenvalue weighted by Gasteiger charge is -2.23. The minimum atomic E-state index is -4.79. The number of ether oxygens (including phenoxy) is 1. The lowest BCUT2D eigenvalue weighted by molar-refractivity contribution is -0.386. The maximum absolute atomic E-state index is 14.3. The molecular formula is C11H9F4N3O3. The first-order chi connectivity index (χ1) is 9.62. The monoisotopic (exact) mass is 307 g/mol. The van der Waals surface area contributed by atoms with Crippen molar-refractivity contribution < 1.29 is 27.2 Å². The van der Waals surface area contributed by atoms with Crippen LogP contribution in [0.4, 0.5) is 23.2 Å². The van der Waals surface area contributed by atoms with Crippen LogP contribution in [-0.4, -0.2) is 29.1 Å². The number of benzene rings is 1. The van der Waals surface area contributed by atoms with E-state index in [0.29, 0.717) is 5.01 Å². The number of halogens is 4. The maximum Gasteiger partial charge on any atom is 0.432 e. The van der Waals surface area contributed by atoms with Crippen molar-refractivity contribution in [3.63, 3.8) is 0 Å². The predicted octanol–water partition coefficient (Wildman–Crippen LogP) is 2.49. The molecule has 21 heavy (non-hydrogen) atoms. The Bertz CT molecular complexity index is 605. The summed E-state index contributed by atoms with van der Waals surface area (Å²) in [7, 11) is 0.948. The third-order valence-corrected chi connectivity index (χ3v) is 2.61. The van der Waals surface area contributed by atoms with Crippen molar-refractivity contribution in [2.45, 2.75) is 12.2 Å². The Morgan fingerprint density at radius 2 is 2.00 bits per heavy atom. The van der Waals surface area contributed by atoms with E-state index in [2.05, 4.69) is 0 Å². The summed E-state index contributed by atoms with van der Waals surface area (Å²) in [5.41, 5.74) is -0.0537. The molecule has 1 heterocycles. The third-order valence-electron chi connectivity index (χ3n) is 2.61. The van der Waals surface area contributed by atoms with Crippen LogP contribution in [0.25, 0.3) is 0 Å². The van der Waals surface area contributed by atoms with Gasteiger partial charge in [-0.3, -0.25) is 10.1 Å². The van der Waals surface area contributed by atoms with Crippen molar-refractivity contribution >= 4 is 5.69 Å². The van der Waals surface area contributed by atoms with Crippen LogP contribution < -0.4 is 10.2 Å². The van der Waals surface area contributed by atoms with Gasteiger partial charge in [0.2, 0.25) is 5.75 Å². The fraction of sp³-hybridized carbons (Fsp3) is 0.273. The predicted molar refractivity (Wildman–Crippen MR) is 62.6 cm³/mol. The van der Waals surface area contributed by atoms with Gasteiger partial charge in [0.25, 0.3) is 0 Å². The number of rotatable bonds is 3. The number of alkyl halides is 4. The molecule has 1 aromatic carbocycles. The zero-order chi connectivity index (χ0) is 15.8. The van der Waals surface area contributed by atoms with Gasteiger partial charge in [-0.15, -0.1) is 0 Å². The van der Waals surface area contributed by atoms with Crippen molar-refractivity contribution in [1.82, 2.24) is 10.4 Å². The number of hydrazine groups is 1. The van der Waals surface area contributed by atoms with Crippen molar-refractivity contribution in [3.05, 3.63) is 46.2 Å².